The van der Waals surface area contributed by atoms with Gasteiger partial charge in [0.25, 0.3) is 5.91 Å². The lowest BCUT2D eigenvalue weighted by Crippen LogP contribution is -2.49. The smallest absolute Gasteiger partial charge is 0.252 e. The molecule has 0 spiro atoms. The van der Waals surface area contributed by atoms with E-state index in [0.717, 1.165) is 5.56 Å². The summed E-state index contributed by atoms with van der Waals surface area (Å²) < 4.78 is 0. The lowest BCUT2D eigenvalue weighted by atomic mass is 10.0. The number of carbonyl (C=O) groups excluding carboxylic acids is 2. The van der Waals surface area contributed by atoms with Crippen molar-refractivity contribution in [3.05, 3.63) is 35.4 Å². The summed E-state index contributed by atoms with van der Waals surface area (Å²) in [5.41, 5.74) is 1.51. The lowest BCUT2D eigenvalue weighted by Gasteiger charge is -2.21. The molecular weight excluding hydrogens is 240 g/mol. The zero-order valence-electron chi connectivity index (χ0n) is 12.0. The SMILES string of the molecule is CCNC(=O)C(NC(=O)c1ccccc1C)C(C)C. The number of hydrogen-bond acceptors (Lipinski definition) is 2. The van der Waals surface area contributed by atoms with Crippen molar-refractivity contribution in [2.75, 3.05) is 6.54 Å². The molecule has 19 heavy (non-hydrogen) atoms. The Morgan fingerprint density at radius 1 is 1.21 bits per heavy atom. The van der Waals surface area contributed by atoms with E-state index in [-0.39, 0.29) is 17.7 Å². The summed E-state index contributed by atoms with van der Waals surface area (Å²) in [5.74, 6) is -0.304. The molecule has 1 unspecified atom stereocenters. The molecule has 1 aromatic rings. The van der Waals surface area contributed by atoms with E-state index in [1.165, 1.54) is 0 Å². The molecule has 0 fully saturated rings. The Kier molecular flexibility index (Phi) is 5.55. The average molecular weight is 262 g/mol. The van der Waals surface area contributed by atoms with E-state index in [9.17, 15) is 9.59 Å². The van der Waals surface area contributed by atoms with Crippen LogP contribution in [-0.4, -0.2) is 24.4 Å². The van der Waals surface area contributed by atoms with Crippen LogP contribution >= 0.6 is 0 Å². The highest BCUT2D eigenvalue weighted by molar-refractivity contribution is 5.98. The number of nitrogens with one attached hydrogen (secondary N) is 2. The summed E-state index contributed by atoms with van der Waals surface area (Å²) in [6.07, 6.45) is 0. The van der Waals surface area contributed by atoms with Crippen LogP contribution in [0.15, 0.2) is 24.3 Å². The minimum absolute atomic E-state index is 0.0412. The third-order valence-corrected chi connectivity index (χ3v) is 2.98. The van der Waals surface area contributed by atoms with E-state index in [4.69, 9.17) is 0 Å². The fraction of sp³-hybridized carbons (Fsp3) is 0.467. The maximum Gasteiger partial charge on any atom is 0.252 e. The number of benzene rings is 1. The topological polar surface area (TPSA) is 58.2 Å². The van der Waals surface area contributed by atoms with Gasteiger partial charge in [-0.3, -0.25) is 9.59 Å². The van der Waals surface area contributed by atoms with Gasteiger partial charge in [0.1, 0.15) is 6.04 Å². The molecule has 1 rings (SSSR count). The maximum atomic E-state index is 12.2. The monoisotopic (exact) mass is 262 g/mol. The zero-order chi connectivity index (χ0) is 14.4. The number of rotatable bonds is 5. The van der Waals surface area contributed by atoms with Gasteiger partial charge in [0.15, 0.2) is 0 Å². The summed E-state index contributed by atoms with van der Waals surface area (Å²) >= 11 is 0. The average Bonchev–Trinajstić information content (AvgIpc) is 2.36. The molecule has 0 saturated heterocycles. The van der Waals surface area contributed by atoms with Crippen LogP contribution in [0.5, 0.6) is 0 Å². The molecule has 0 saturated carbocycles. The van der Waals surface area contributed by atoms with Gasteiger partial charge in [0.05, 0.1) is 0 Å². The Morgan fingerprint density at radius 2 is 1.84 bits per heavy atom. The highest BCUT2D eigenvalue weighted by atomic mass is 16.2. The first-order valence-electron chi connectivity index (χ1n) is 6.61. The van der Waals surface area contributed by atoms with Crippen molar-refractivity contribution >= 4 is 11.8 Å². The van der Waals surface area contributed by atoms with Gasteiger partial charge in [0.2, 0.25) is 5.91 Å². The van der Waals surface area contributed by atoms with Crippen LogP contribution in [-0.2, 0) is 4.79 Å². The Hall–Kier alpha value is -1.84. The maximum absolute atomic E-state index is 12.2. The first-order chi connectivity index (χ1) is 8.97. The molecule has 0 aliphatic carbocycles. The standard InChI is InChI=1S/C15H22N2O2/c1-5-16-15(19)13(10(2)3)17-14(18)12-9-7-6-8-11(12)4/h6-10,13H,5H2,1-4H3,(H,16,19)(H,17,18). The van der Waals surface area contributed by atoms with E-state index in [2.05, 4.69) is 10.6 Å². The van der Waals surface area contributed by atoms with Gasteiger partial charge in [-0.05, 0) is 31.4 Å². The van der Waals surface area contributed by atoms with E-state index in [1.54, 1.807) is 6.07 Å². The van der Waals surface area contributed by atoms with E-state index in [0.29, 0.717) is 12.1 Å². The van der Waals surface area contributed by atoms with Crippen molar-refractivity contribution in [2.45, 2.75) is 33.7 Å². The third-order valence-electron chi connectivity index (χ3n) is 2.98. The van der Waals surface area contributed by atoms with Crippen LogP contribution in [0.1, 0.15) is 36.7 Å². The quantitative estimate of drug-likeness (QED) is 0.851. The van der Waals surface area contributed by atoms with Crippen molar-refractivity contribution in [3.8, 4) is 0 Å². The summed E-state index contributed by atoms with van der Waals surface area (Å²) in [6, 6.07) is 6.84. The van der Waals surface area contributed by atoms with E-state index in [1.807, 2.05) is 45.9 Å². The molecule has 0 heterocycles. The van der Waals surface area contributed by atoms with Gasteiger partial charge in [-0.25, -0.2) is 0 Å². The van der Waals surface area contributed by atoms with Crippen LogP contribution in [0.4, 0.5) is 0 Å². The molecular formula is C15H22N2O2. The zero-order valence-corrected chi connectivity index (χ0v) is 12.0. The summed E-state index contributed by atoms with van der Waals surface area (Å²) in [4.78, 5) is 24.1. The Bertz CT molecular complexity index is 455. The van der Waals surface area contributed by atoms with Crippen LogP contribution in [0.2, 0.25) is 0 Å². The van der Waals surface area contributed by atoms with Crippen LogP contribution < -0.4 is 10.6 Å². The van der Waals surface area contributed by atoms with Gasteiger partial charge in [0, 0.05) is 12.1 Å². The number of likely N-dealkylation sites (N-methyl/N-ethyl adjacent to an activating group) is 1. The fourth-order valence-corrected chi connectivity index (χ4v) is 1.87. The number of aryl methyl sites for hydroxylation is 1. The first kappa shape index (κ1) is 15.2. The van der Waals surface area contributed by atoms with Gasteiger partial charge in [-0.15, -0.1) is 0 Å². The molecule has 104 valence electrons. The molecule has 0 radical (unpaired) electrons. The summed E-state index contributed by atoms with van der Waals surface area (Å²) in [7, 11) is 0. The normalized spacial score (nSPS) is 12.1. The van der Waals surface area contributed by atoms with E-state index >= 15 is 0 Å². The van der Waals surface area contributed by atoms with Crippen LogP contribution in [0.3, 0.4) is 0 Å². The highest BCUT2D eigenvalue weighted by Gasteiger charge is 2.24. The molecule has 0 bridgehead atoms. The molecule has 2 amide bonds. The predicted molar refractivity (Wildman–Crippen MR) is 76.0 cm³/mol. The first-order valence-corrected chi connectivity index (χ1v) is 6.61. The van der Waals surface area contributed by atoms with Gasteiger partial charge in [-0.1, -0.05) is 32.0 Å². The third kappa shape index (κ3) is 4.09. The Balaban J connectivity index is 2.83. The molecule has 4 nitrogen and oxygen atoms in total. The van der Waals surface area contributed by atoms with Crippen molar-refractivity contribution < 1.29 is 9.59 Å². The van der Waals surface area contributed by atoms with Crippen molar-refractivity contribution in [3.63, 3.8) is 0 Å². The minimum Gasteiger partial charge on any atom is -0.355 e. The summed E-state index contributed by atoms with van der Waals surface area (Å²) in [5, 5.41) is 5.55. The van der Waals surface area contributed by atoms with Gasteiger partial charge in [-0.2, -0.15) is 0 Å². The second kappa shape index (κ2) is 6.92. The van der Waals surface area contributed by atoms with Crippen molar-refractivity contribution in [2.24, 2.45) is 5.92 Å². The molecule has 1 aromatic carbocycles. The van der Waals surface area contributed by atoms with Gasteiger partial charge < -0.3 is 10.6 Å². The van der Waals surface area contributed by atoms with Crippen molar-refractivity contribution in [1.82, 2.24) is 10.6 Å². The van der Waals surface area contributed by atoms with Crippen LogP contribution in [0.25, 0.3) is 0 Å². The minimum atomic E-state index is -0.507. The number of hydrogen-bond donors (Lipinski definition) is 2. The van der Waals surface area contributed by atoms with Gasteiger partial charge >= 0.3 is 0 Å². The molecule has 0 aromatic heterocycles. The Morgan fingerprint density at radius 3 is 2.37 bits per heavy atom. The molecule has 1 atom stereocenters. The second-order valence-corrected chi connectivity index (χ2v) is 4.90. The van der Waals surface area contributed by atoms with Crippen molar-refractivity contribution in [1.29, 1.82) is 0 Å². The molecule has 2 N–H and O–H groups in total. The molecule has 0 aliphatic rings. The summed E-state index contributed by atoms with van der Waals surface area (Å²) in [6.45, 7) is 8.13. The van der Waals surface area contributed by atoms with E-state index < -0.39 is 6.04 Å². The number of amides is 2. The highest BCUT2D eigenvalue weighted by Crippen LogP contribution is 2.09. The fourth-order valence-electron chi connectivity index (χ4n) is 1.87. The number of carbonyl (C=O) groups is 2. The molecule has 4 heteroatoms. The molecule has 0 aliphatic heterocycles. The lowest BCUT2D eigenvalue weighted by molar-refractivity contribution is -0.123. The Labute approximate surface area is 114 Å². The second-order valence-electron chi connectivity index (χ2n) is 4.90. The van der Waals surface area contributed by atoms with Crippen LogP contribution in [0, 0.1) is 12.8 Å². The predicted octanol–water partition coefficient (Wildman–Crippen LogP) is 1.89. The largest absolute Gasteiger partial charge is 0.355 e.